The van der Waals surface area contributed by atoms with Gasteiger partial charge in [0.2, 0.25) is 0 Å². The summed E-state index contributed by atoms with van der Waals surface area (Å²) in [5.41, 5.74) is 1.18. The minimum Gasteiger partial charge on any atom is -0.473 e. The molecule has 0 aliphatic heterocycles. The van der Waals surface area contributed by atoms with Gasteiger partial charge in [-0.05, 0) is 18.1 Å². The quantitative estimate of drug-likeness (QED) is 0.545. The van der Waals surface area contributed by atoms with Gasteiger partial charge in [-0.1, -0.05) is 6.92 Å². The Hall–Kier alpha value is -0.735. The Balaban J connectivity index is 2.78. The minimum atomic E-state index is -1.49. The molecule has 0 saturated heterocycles. The number of hydrogen-bond acceptors (Lipinski definition) is 3. The molecule has 0 fully saturated rings. The maximum Gasteiger partial charge on any atom is 0.526 e. The molecule has 0 bridgehead atoms. The largest absolute Gasteiger partial charge is 0.526 e. The van der Waals surface area contributed by atoms with Crippen LogP contribution in [0.25, 0.3) is 0 Å². The van der Waals surface area contributed by atoms with E-state index in [-0.39, 0.29) is 5.66 Å². The summed E-state index contributed by atoms with van der Waals surface area (Å²) in [6.45, 7) is 1.97. The van der Waals surface area contributed by atoms with Crippen LogP contribution >= 0.6 is 0 Å². The van der Waals surface area contributed by atoms with Gasteiger partial charge in [0, 0.05) is 0 Å². The lowest BCUT2D eigenvalue weighted by molar-refractivity contribution is 0.409. The zero-order valence-electron chi connectivity index (χ0n) is 5.74. The third-order valence-corrected chi connectivity index (χ3v) is 1.34. The van der Waals surface area contributed by atoms with Gasteiger partial charge in [-0.25, -0.2) is 0 Å². The van der Waals surface area contributed by atoms with Gasteiger partial charge >= 0.3 is 7.12 Å². The number of hydrogen-bond donors (Lipinski definition) is 2. The average molecular weight is 140 g/mol. The molecule has 3 nitrogen and oxygen atoms in total. The van der Waals surface area contributed by atoms with E-state index < -0.39 is 7.12 Å². The first-order valence-corrected chi connectivity index (χ1v) is 3.17. The van der Waals surface area contributed by atoms with E-state index in [1.165, 1.54) is 6.26 Å². The van der Waals surface area contributed by atoms with E-state index in [2.05, 4.69) is 0 Å². The van der Waals surface area contributed by atoms with Crippen molar-refractivity contribution in [1.82, 2.24) is 0 Å². The predicted molar refractivity (Wildman–Crippen MR) is 37.9 cm³/mol. The van der Waals surface area contributed by atoms with Crippen LogP contribution in [-0.2, 0) is 6.42 Å². The summed E-state index contributed by atoms with van der Waals surface area (Å²) >= 11 is 0. The Kier molecular flexibility index (Phi) is 2.14. The van der Waals surface area contributed by atoms with Crippen molar-refractivity contribution < 1.29 is 14.5 Å². The molecular weight excluding hydrogens is 131 g/mol. The van der Waals surface area contributed by atoms with Gasteiger partial charge in [0.05, 0.1) is 6.26 Å². The average Bonchev–Trinajstić information content (AvgIpc) is 2.34. The van der Waals surface area contributed by atoms with Crippen molar-refractivity contribution in [3.05, 3.63) is 17.9 Å². The molecule has 1 heterocycles. The fourth-order valence-corrected chi connectivity index (χ4v) is 0.715. The molecule has 0 unspecified atom stereocenters. The minimum absolute atomic E-state index is 0.205. The first-order valence-electron chi connectivity index (χ1n) is 3.17. The summed E-state index contributed by atoms with van der Waals surface area (Å²) in [5, 5.41) is 17.2. The summed E-state index contributed by atoms with van der Waals surface area (Å²) < 4.78 is 4.82. The molecule has 0 amide bonds. The molecule has 0 spiro atoms. The second-order valence-corrected chi connectivity index (χ2v) is 2.08. The fourth-order valence-electron chi connectivity index (χ4n) is 0.715. The highest BCUT2D eigenvalue weighted by molar-refractivity contribution is 6.57. The van der Waals surface area contributed by atoms with Crippen LogP contribution in [0.5, 0.6) is 0 Å². The molecule has 1 aromatic heterocycles. The van der Waals surface area contributed by atoms with E-state index in [0.29, 0.717) is 0 Å². The molecule has 0 saturated carbocycles. The molecule has 0 aliphatic rings. The van der Waals surface area contributed by atoms with E-state index in [0.717, 1.165) is 12.0 Å². The monoisotopic (exact) mass is 140 g/mol. The van der Waals surface area contributed by atoms with E-state index in [4.69, 9.17) is 14.5 Å². The Morgan fingerprint density at radius 2 is 2.30 bits per heavy atom. The second kappa shape index (κ2) is 2.90. The maximum atomic E-state index is 8.59. The van der Waals surface area contributed by atoms with Crippen molar-refractivity contribution >= 4 is 12.8 Å². The third kappa shape index (κ3) is 1.40. The molecule has 4 heteroatoms. The Morgan fingerprint density at radius 3 is 2.60 bits per heavy atom. The molecule has 10 heavy (non-hydrogen) atoms. The van der Waals surface area contributed by atoms with Crippen LogP contribution < -0.4 is 5.66 Å². The number of rotatable bonds is 2. The van der Waals surface area contributed by atoms with Crippen molar-refractivity contribution in [2.75, 3.05) is 0 Å². The first-order chi connectivity index (χ1) is 4.74. The maximum absolute atomic E-state index is 8.59. The molecule has 1 aromatic rings. The van der Waals surface area contributed by atoms with Gasteiger partial charge in [0.1, 0.15) is 5.66 Å². The van der Waals surface area contributed by atoms with Crippen LogP contribution in [0.1, 0.15) is 12.5 Å². The lowest BCUT2D eigenvalue weighted by Crippen LogP contribution is -2.27. The molecule has 1 rings (SSSR count). The topological polar surface area (TPSA) is 53.6 Å². The highest BCUT2D eigenvalue weighted by Gasteiger charge is 2.14. The zero-order valence-corrected chi connectivity index (χ0v) is 5.74. The molecule has 0 aliphatic carbocycles. The second-order valence-electron chi connectivity index (χ2n) is 2.08. The predicted octanol–water partition coefficient (Wildman–Crippen LogP) is -0.478. The highest BCUT2D eigenvalue weighted by atomic mass is 16.4. The van der Waals surface area contributed by atoms with E-state index in [9.17, 15) is 0 Å². The van der Waals surface area contributed by atoms with Gasteiger partial charge < -0.3 is 14.5 Å². The Morgan fingerprint density at radius 1 is 1.60 bits per heavy atom. The van der Waals surface area contributed by atoms with Crippen molar-refractivity contribution in [2.24, 2.45) is 0 Å². The summed E-state index contributed by atoms with van der Waals surface area (Å²) in [5.74, 6) is 0. The lowest BCUT2D eigenvalue weighted by atomic mass is 9.87. The normalized spacial score (nSPS) is 9.90. The van der Waals surface area contributed by atoms with Crippen molar-refractivity contribution in [1.29, 1.82) is 0 Å². The van der Waals surface area contributed by atoms with Gasteiger partial charge in [0.25, 0.3) is 0 Å². The molecular formula is C6H9BO3. The van der Waals surface area contributed by atoms with Crippen LogP contribution in [0.3, 0.4) is 0 Å². The highest BCUT2D eigenvalue weighted by Crippen LogP contribution is 1.98. The van der Waals surface area contributed by atoms with Gasteiger partial charge in [-0.15, -0.1) is 0 Å². The van der Waals surface area contributed by atoms with Crippen LogP contribution in [-0.4, -0.2) is 17.2 Å². The summed E-state index contributed by atoms with van der Waals surface area (Å²) in [6.07, 6.45) is 2.37. The van der Waals surface area contributed by atoms with Gasteiger partial charge in [-0.2, -0.15) is 0 Å². The van der Waals surface area contributed by atoms with Crippen molar-refractivity contribution in [2.45, 2.75) is 13.3 Å². The SMILES string of the molecule is CCc1coc(B(O)O)c1. The van der Waals surface area contributed by atoms with Crippen molar-refractivity contribution in [3.63, 3.8) is 0 Å². The lowest BCUT2D eigenvalue weighted by Gasteiger charge is -1.87. The van der Waals surface area contributed by atoms with Gasteiger partial charge in [-0.3, -0.25) is 0 Å². The standard InChI is InChI=1S/C6H9BO3/c1-2-5-3-6(7(8)9)10-4-5/h3-4,8-9H,2H2,1H3. The Bertz CT molecular complexity index is 207. The fraction of sp³-hybridized carbons (Fsp3) is 0.333. The summed E-state index contributed by atoms with van der Waals surface area (Å²) in [6, 6.07) is 1.63. The van der Waals surface area contributed by atoms with E-state index >= 15 is 0 Å². The number of aryl methyl sites for hydroxylation is 1. The van der Waals surface area contributed by atoms with Crippen LogP contribution in [0.15, 0.2) is 16.7 Å². The van der Waals surface area contributed by atoms with Crippen LogP contribution in [0.2, 0.25) is 0 Å². The van der Waals surface area contributed by atoms with E-state index in [1.54, 1.807) is 6.07 Å². The van der Waals surface area contributed by atoms with Crippen molar-refractivity contribution in [3.8, 4) is 0 Å². The van der Waals surface area contributed by atoms with Gasteiger partial charge in [0.15, 0.2) is 0 Å². The zero-order chi connectivity index (χ0) is 7.56. The van der Waals surface area contributed by atoms with E-state index in [1.807, 2.05) is 6.92 Å². The molecule has 0 radical (unpaired) electrons. The molecule has 2 N–H and O–H groups in total. The molecule has 54 valence electrons. The van der Waals surface area contributed by atoms with Crippen LogP contribution in [0.4, 0.5) is 0 Å². The summed E-state index contributed by atoms with van der Waals surface area (Å²) in [4.78, 5) is 0. The smallest absolute Gasteiger partial charge is 0.473 e. The molecule has 0 atom stereocenters. The first kappa shape index (κ1) is 7.37. The molecule has 0 aromatic carbocycles. The summed E-state index contributed by atoms with van der Waals surface area (Å²) in [7, 11) is -1.49. The third-order valence-electron chi connectivity index (χ3n) is 1.34. The Labute approximate surface area is 59.4 Å². The number of furan rings is 1. The van der Waals surface area contributed by atoms with Crippen LogP contribution in [0, 0.1) is 0 Å².